The molecule has 1 saturated heterocycles. The molecule has 0 radical (unpaired) electrons. The molecule has 1 heterocycles. The fourth-order valence-electron chi connectivity index (χ4n) is 2.23. The third kappa shape index (κ3) is 2.81. The lowest BCUT2D eigenvalue weighted by atomic mass is 9.95. The van der Waals surface area contributed by atoms with Crippen LogP contribution < -0.4 is 4.90 Å². The van der Waals surface area contributed by atoms with Crippen molar-refractivity contribution in [1.29, 1.82) is 0 Å². The molecule has 17 heavy (non-hydrogen) atoms. The number of nitrogens with zero attached hydrogens (tertiary/aromatic N) is 1. The van der Waals surface area contributed by atoms with Gasteiger partial charge in [0.1, 0.15) is 0 Å². The van der Waals surface area contributed by atoms with Crippen molar-refractivity contribution < 1.29 is 10.2 Å². The molecule has 0 aliphatic carbocycles. The average molecular weight is 300 g/mol. The maximum atomic E-state index is 9.93. The van der Waals surface area contributed by atoms with Gasteiger partial charge in [0.05, 0.1) is 12.7 Å². The lowest BCUT2D eigenvalue weighted by Crippen LogP contribution is -2.43. The summed E-state index contributed by atoms with van der Waals surface area (Å²) in [5, 5.41) is 19.3. The predicted molar refractivity (Wildman–Crippen MR) is 72.1 cm³/mol. The van der Waals surface area contributed by atoms with Gasteiger partial charge in [-0.3, -0.25) is 0 Å². The van der Waals surface area contributed by atoms with Gasteiger partial charge >= 0.3 is 0 Å². The summed E-state index contributed by atoms with van der Waals surface area (Å²) in [5.74, 6) is 0.357. The molecular weight excluding hydrogens is 282 g/mol. The zero-order chi connectivity index (χ0) is 12.4. The lowest BCUT2D eigenvalue weighted by molar-refractivity contribution is 0.103. The largest absolute Gasteiger partial charge is 0.392 e. The number of aliphatic hydroxyl groups excluding tert-OH is 2. The van der Waals surface area contributed by atoms with Crippen LogP contribution in [0.2, 0.25) is 0 Å². The molecule has 1 aromatic rings. The van der Waals surface area contributed by atoms with Gasteiger partial charge in [-0.15, -0.1) is 0 Å². The Morgan fingerprint density at radius 1 is 1.47 bits per heavy atom. The maximum Gasteiger partial charge on any atom is 0.0741 e. The molecule has 0 spiro atoms. The van der Waals surface area contributed by atoms with Crippen molar-refractivity contribution in [3.8, 4) is 0 Å². The van der Waals surface area contributed by atoms with Gasteiger partial charge in [-0.05, 0) is 24.5 Å². The minimum atomic E-state index is -0.283. The Kier molecular flexibility index (Phi) is 4.07. The molecule has 0 saturated carbocycles. The maximum absolute atomic E-state index is 9.93. The molecule has 3 nitrogen and oxygen atoms in total. The highest BCUT2D eigenvalue weighted by Gasteiger charge is 2.25. The first-order valence-electron chi connectivity index (χ1n) is 5.94. The van der Waals surface area contributed by atoms with Crippen LogP contribution in [-0.4, -0.2) is 29.4 Å². The highest BCUT2D eigenvalue weighted by Crippen LogP contribution is 2.29. The Balaban J connectivity index is 2.24. The van der Waals surface area contributed by atoms with E-state index in [9.17, 15) is 10.2 Å². The van der Waals surface area contributed by atoms with E-state index in [1.54, 1.807) is 0 Å². The molecule has 4 heteroatoms. The smallest absolute Gasteiger partial charge is 0.0741 e. The first-order valence-corrected chi connectivity index (χ1v) is 6.73. The monoisotopic (exact) mass is 299 g/mol. The van der Waals surface area contributed by atoms with E-state index in [4.69, 9.17) is 0 Å². The summed E-state index contributed by atoms with van der Waals surface area (Å²) in [7, 11) is 0. The molecule has 2 unspecified atom stereocenters. The van der Waals surface area contributed by atoms with Crippen LogP contribution in [0.5, 0.6) is 0 Å². The Morgan fingerprint density at radius 3 is 2.88 bits per heavy atom. The number of hydrogen-bond acceptors (Lipinski definition) is 3. The molecule has 2 rings (SSSR count). The highest BCUT2D eigenvalue weighted by atomic mass is 79.9. The van der Waals surface area contributed by atoms with Crippen molar-refractivity contribution in [3.63, 3.8) is 0 Å². The van der Waals surface area contributed by atoms with Gasteiger partial charge in [-0.25, -0.2) is 0 Å². The van der Waals surface area contributed by atoms with Crippen LogP contribution in [0.25, 0.3) is 0 Å². The second-order valence-electron chi connectivity index (χ2n) is 4.71. The van der Waals surface area contributed by atoms with Crippen molar-refractivity contribution in [2.24, 2.45) is 5.92 Å². The normalized spacial score (nSPS) is 25.1. The van der Waals surface area contributed by atoms with E-state index in [0.29, 0.717) is 12.5 Å². The number of halogens is 1. The van der Waals surface area contributed by atoms with E-state index in [0.717, 1.165) is 28.7 Å². The second-order valence-corrected chi connectivity index (χ2v) is 5.63. The number of aliphatic hydroxyl groups is 2. The number of piperidine rings is 1. The molecule has 2 atom stereocenters. The van der Waals surface area contributed by atoms with Crippen molar-refractivity contribution in [1.82, 2.24) is 0 Å². The van der Waals surface area contributed by atoms with Crippen molar-refractivity contribution in [2.45, 2.75) is 26.1 Å². The van der Waals surface area contributed by atoms with Crippen LogP contribution in [0.15, 0.2) is 22.7 Å². The second kappa shape index (κ2) is 5.38. The molecule has 0 aromatic heterocycles. The molecule has 2 N–H and O–H groups in total. The first-order chi connectivity index (χ1) is 8.11. The number of anilines is 1. The summed E-state index contributed by atoms with van der Waals surface area (Å²) in [6, 6.07) is 5.86. The fourth-order valence-corrected chi connectivity index (χ4v) is 2.58. The summed E-state index contributed by atoms with van der Waals surface area (Å²) in [4.78, 5) is 2.15. The first kappa shape index (κ1) is 12.9. The van der Waals surface area contributed by atoms with E-state index in [2.05, 4.69) is 27.8 Å². The van der Waals surface area contributed by atoms with E-state index in [-0.39, 0.29) is 12.7 Å². The number of β-amino-alcohol motifs (C(OH)–C–C–N with tert-alkyl or cyclic N) is 1. The van der Waals surface area contributed by atoms with E-state index in [1.807, 2.05) is 18.2 Å². The number of benzene rings is 1. The van der Waals surface area contributed by atoms with E-state index < -0.39 is 0 Å². The predicted octanol–water partition coefficient (Wildman–Crippen LogP) is 2.15. The highest BCUT2D eigenvalue weighted by molar-refractivity contribution is 9.10. The average Bonchev–Trinajstić information content (AvgIpc) is 2.32. The minimum Gasteiger partial charge on any atom is -0.392 e. The SMILES string of the molecule is CC1CCN(c2cc(Br)ccc2CO)CC1O. The Labute approximate surface area is 110 Å². The van der Waals surface area contributed by atoms with Crippen LogP contribution >= 0.6 is 15.9 Å². The molecular formula is C13H18BrNO2. The standard InChI is InChI=1S/C13H18BrNO2/c1-9-4-5-15(7-13(9)17)12-6-11(14)3-2-10(12)8-16/h2-3,6,9,13,16-17H,4-5,7-8H2,1H3. The summed E-state index contributed by atoms with van der Waals surface area (Å²) >= 11 is 3.45. The summed E-state index contributed by atoms with van der Waals surface area (Å²) in [5.41, 5.74) is 1.93. The number of rotatable bonds is 2. The zero-order valence-electron chi connectivity index (χ0n) is 9.93. The fraction of sp³-hybridized carbons (Fsp3) is 0.538. The molecule has 1 aliphatic heterocycles. The molecule has 1 fully saturated rings. The van der Waals surface area contributed by atoms with Crippen LogP contribution in [0.1, 0.15) is 18.9 Å². The van der Waals surface area contributed by atoms with Gasteiger partial charge in [-0.2, -0.15) is 0 Å². The summed E-state index contributed by atoms with van der Waals surface area (Å²) in [6.07, 6.45) is 0.702. The van der Waals surface area contributed by atoms with E-state index >= 15 is 0 Å². The van der Waals surface area contributed by atoms with Gasteiger partial charge < -0.3 is 15.1 Å². The quantitative estimate of drug-likeness (QED) is 0.879. The molecule has 0 bridgehead atoms. The molecule has 1 aliphatic rings. The number of hydrogen-bond donors (Lipinski definition) is 2. The minimum absolute atomic E-state index is 0.0325. The third-order valence-electron chi connectivity index (χ3n) is 3.48. The zero-order valence-corrected chi connectivity index (χ0v) is 11.5. The van der Waals surface area contributed by atoms with Crippen LogP contribution in [0.4, 0.5) is 5.69 Å². The van der Waals surface area contributed by atoms with Crippen LogP contribution in [-0.2, 0) is 6.61 Å². The lowest BCUT2D eigenvalue weighted by Gasteiger charge is -2.36. The third-order valence-corrected chi connectivity index (χ3v) is 3.97. The Bertz CT molecular complexity index is 397. The van der Waals surface area contributed by atoms with Crippen molar-refractivity contribution in [2.75, 3.05) is 18.0 Å². The van der Waals surface area contributed by atoms with Gasteiger partial charge in [-0.1, -0.05) is 28.9 Å². The Hall–Kier alpha value is -0.580. The van der Waals surface area contributed by atoms with Gasteiger partial charge in [0.2, 0.25) is 0 Å². The van der Waals surface area contributed by atoms with Crippen LogP contribution in [0, 0.1) is 5.92 Å². The van der Waals surface area contributed by atoms with Gasteiger partial charge in [0.15, 0.2) is 0 Å². The van der Waals surface area contributed by atoms with Crippen LogP contribution in [0.3, 0.4) is 0 Å². The molecule has 0 amide bonds. The molecule has 94 valence electrons. The van der Waals surface area contributed by atoms with Crippen molar-refractivity contribution in [3.05, 3.63) is 28.2 Å². The van der Waals surface area contributed by atoms with E-state index in [1.165, 1.54) is 0 Å². The molecule has 1 aromatic carbocycles. The van der Waals surface area contributed by atoms with Crippen molar-refractivity contribution >= 4 is 21.6 Å². The Morgan fingerprint density at radius 2 is 2.24 bits per heavy atom. The van der Waals surface area contributed by atoms with Gasteiger partial charge in [0.25, 0.3) is 0 Å². The summed E-state index contributed by atoms with van der Waals surface area (Å²) < 4.78 is 0.998. The van der Waals surface area contributed by atoms with Gasteiger partial charge in [0, 0.05) is 28.8 Å². The topological polar surface area (TPSA) is 43.7 Å². The summed E-state index contributed by atoms with van der Waals surface area (Å²) in [6.45, 7) is 3.69.